The van der Waals surface area contributed by atoms with Gasteiger partial charge in [0.05, 0.1) is 0 Å². The van der Waals surface area contributed by atoms with Crippen LogP contribution >= 0.6 is 0 Å². The summed E-state index contributed by atoms with van der Waals surface area (Å²) in [5.74, 6) is 0. The van der Waals surface area contributed by atoms with E-state index in [9.17, 15) is 0 Å². The monoisotopic (exact) mass is 348 g/mol. The van der Waals surface area contributed by atoms with E-state index in [-0.39, 0.29) is 0 Å². The van der Waals surface area contributed by atoms with E-state index in [1.165, 1.54) is 11.1 Å². The Balaban J connectivity index is 1.61. The first-order valence-electron chi connectivity index (χ1n) is 9.11. The van der Waals surface area contributed by atoms with Crippen LogP contribution in [0.5, 0.6) is 0 Å². The first kappa shape index (κ1) is 14.6. The molecule has 0 saturated carbocycles. The second-order valence-electron chi connectivity index (χ2n) is 7.12. The fourth-order valence-corrected chi connectivity index (χ4v) is 3.92. The molecule has 0 N–H and O–H groups in total. The van der Waals surface area contributed by atoms with Gasteiger partial charge in [0, 0.05) is 21.5 Å². The minimum absolute atomic E-state index is 0.894. The summed E-state index contributed by atoms with van der Waals surface area (Å²) in [6, 6.07) is 27.3. The zero-order valence-electron chi connectivity index (χ0n) is 14.8. The number of rotatable bonds is 1. The Hall–Kier alpha value is -3.52. The minimum Gasteiger partial charge on any atom is -0.456 e. The van der Waals surface area contributed by atoms with Crippen molar-refractivity contribution in [2.24, 2.45) is 0 Å². The Morgan fingerprint density at radius 3 is 1.85 bits per heavy atom. The second-order valence-corrected chi connectivity index (χ2v) is 7.12. The zero-order chi connectivity index (χ0) is 18.0. The van der Waals surface area contributed by atoms with E-state index in [2.05, 4.69) is 67.6 Å². The highest BCUT2D eigenvalue weighted by Gasteiger charge is 2.13. The molecule has 2 heterocycles. The molecule has 0 radical (unpaired) electrons. The summed E-state index contributed by atoms with van der Waals surface area (Å²) < 4.78 is 12.3. The molecule has 0 aliphatic carbocycles. The summed E-state index contributed by atoms with van der Waals surface area (Å²) >= 11 is 0. The summed E-state index contributed by atoms with van der Waals surface area (Å²) in [5.41, 5.74) is 7.22. The van der Waals surface area contributed by atoms with E-state index >= 15 is 0 Å². The maximum absolute atomic E-state index is 6.22. The van der Waals surface area contributed by atoms with Crippen molar-refractivity contribution >= 4 is 43.9 Å². The predicted molar refractivity (Wildman–Crippen MR) is 111 cm³/mol. The Bertz CT molecular complexity index is 1460. The molecule has 0 saturated heterocycles. The topological polar surface area (TPSA) is 26.3 Å². The van der Waals surface area contributed by atoms with Gasteiger partial charge in [-0.15, -0.1) is 0 Å². The van der Waals surface area contributed by atoms with Crippen LogP contribution in [0.3, 0.4) is 0 Å². The van der Waals surface area contributed by atoms with Gasteiger partial charge in [-0.1, -0.05) is 54.1 Å². The van der Waals surface area contributed by atoms with E-state index in [0.29, 0.717) is 0 Å². The molecule has 0 aliphatic heterocycles. The molecule has 2 nitrogen and oxygen atoms in total. The maximum atomic E-state index is 6.22. The molecule has 0 atom stereocenters. The van der Waals surface area contributed by atoms with Crippen LogP contribution in [0.4, 0.5) is 0 Å². The number of para-hydroxylation sites is 1. The third kappa shape index (κ3) is 2.13. The third-order valence-electron chi connectivity index (χ3n) is 5.36. The van der Waals surface area contributed by atoms with Crippen molar-refractivity contribution < 1.29 is 8.83 Å². The number of hydrogen-bond acceptors (Lipinski definition) is 2. The summed E-state index contributed by atoms with van der Waals surface area (Å²) in [6.45, 7) is 2.10. The van der Waals surface area contributed by atoms with Gasteiger partial charge in [0.1, 0.15) is 22.3 Å². The molecule has 0 bridgehead atoms. The highest BCUT2D eigenvalue weighted by atomic mass is 16.3. The van der Waals surface area contributed by atoms with Crippen LogP contribution in [0.25, 0.3) is 55.0 Å². The Kier molecular flexibility index (Phi) is 2.84. The van der Waals surface area contributed by atoms with Gasteiger partial charge in [0.15, 0.2) is 0 Å². The van der Waals surface area contributed by atoms with Gasteiger partial charge >= 0.3 is 0 Å². The average molecular weight is 348 g/mol. The van der Waals surface area contributed by atoms with Crippen LogP contribution in [-0.4, -0.2) is 0 Å². The van der Waals surface area contributed by atoms with Crippen molar-refractivity contribution in [3.63, 3.8) is 0 Å². The van der Waals surface area contributed by atoms with Crippen LogP contribution in [-0.2, 0) is 0 Å². The number of fused-ring (bicyclic) bond motifs is 6. The molecule has 6 aromatic rings. The van der Waals surface area contributed by atoms with Gasteiger partial charge in [-0.05, 0) is 48.4 Å². The summed E-state index contributed by atoms with van der Waals surface area (Å²) in [7, 11) is 0. The van der Waals surface area contributed by atoms with Crippen molar-refractivity contribution in [3.8, 4) is 11.1 Å². The molecule has 2 aromatic heterocycles. The molecule has 0 amide bonds. The molecule has 2 heteroatoms. The van der Waals surface area contributed by atoms with E-state index in [0.717, 1.165) is 49.4 Å². The molecule has 0 spiro atoms. The molecular weight excluding hydrogens is 332 g/mol. The minimum atomic E-state index is 0.894. The predicted octanol–water partition coefficient (Wildman–Crippen LogP) is 7.46. The van der Waals surface area contributed by atoms with Gasteiger partial charge in [-0.3, -0.25) is 0 Å². The molecule has 0 fully saturated rings. The van der Waals surface area contributed by atoms with Crippen molar-refractivity contribution in [3.05, 3.63) is 84.4 Å². The fourth-order valence-electron chi connectivity index (χ4n) is 3.92. The van der Waals surface area contributed by atoms with Crippen molar-refractivity contribution in [1.82, 2.24) is 0 Å². The van der Waals surface area contributed by atoms with E-state index in [4.69, 9.17) is 8.83 Å². The first-order chi connectivity index (χ1) is 13.3. The molecule has 128 valence electrons. The van der Waals surface area contributed by atoms with Gasteiger partial charge in [-0.25, -0.2) is 0 Å². The maximum Gasteiger partial charge on any atom is 0.136 e. The largest absolute Gasteiger partial charge is 0.456 e. The molecular formula is C25H16O2. The van der Waals surface area contributed by atoms with Crippen LogP contribution in [0.2, 0.25) is 0 Å². The molecule has 6 rings (SSSR count). The van der Waals surface area contributed by atoms with Crippen LogP contribution in [0.1, 0.15) is 5.56 Å². The first-order valence-corrected chi connectivity index (χ1v) is 9.11. The number of furan rings is 2. The fraction of sp³-hybridized carbons (Fsp3) is 0.0400. The van der Waals surface area contributed by atoms with E-state index in [1.54, 1.807) is 0 Å². The lowest BCUT2D eigenvalue weighted by Crippen LogP contribution is -1.78. The highest BCUT2D eigenvalue weighted by molar-refractivity contribution is 6.15. The van der Waals surface area contributed by atoms with Gasteiger partial charge in [-0.2, -0.15) is 0 Å². The second kappa shape index (κ2) is 5.24. The van der Waals surface area contributed by atoms with Crippen molar-refractivity contribution in [1.29, 1.82) is 0 Å². The smallest absolute Gasteiger partial charge is 0.136 e. The summed E-state index contributed by atoms with van der Waals surface area (Å²) in [6.07, 6.45) is 0. The number of benzene rings is 4. The van der Waals surface area contributed by atoms with Gasteiger partial charge in [0.2, 0.25) is 0 Å². The molecule has 27 heavy (non-hydrogen) atoms. The molecule has 0 aliphatic rings. The Labute approximate surface area is 155 Å². The average Bonchev–Trinajstić information content (AvgIpc) is 3.23. The number of aryl methyl sites for hydroxylation is 1. The Morgan fingerprint density at radius 2 is 1.07 bits per heavy atom. The summed E-state index contributed by atoms with van der Waals surface area (Å²) in [5, 5.41) is 4.42. The highest BCUT2D eigenvalue weighted by Crippen LogP contribution is 2.37. The van der Waals surface area contributed by atoms with Gasteiger partial charge in [0.25, 0.3) is 0 Å². The van der Waals surface area contributed by atoms with E-state index in [1.807, 2.05) is 18.2 Å². The normalized spacial score (nSPS) is 11.9. The van der Waals surface area contributed by atoms with Crippen molar-refractivity contribution in [2.45, 2.75) is 6.92 Å². The van der Waals surface area contributed by atoms with Crippen LogP contribution < -0.4 is 0 Å². The Morgan fingerprint density at radius 1 is 0.481 bits per heavy atom. The van der Waals surface area contributed by atoms with Crippen molar-refractivity contribution in [2.75, 3.05) is 0 Å². The third-order valence-corrected chi connectivity index (χ3v) is 5.36. The molecule has 0 unspecified atom stereocenters. The lowest BCUT2D eigenvalue weighted by atomic mass is 10.0. The quantitative estimate of drug-likeness (QED) is 0.308. The lowest BCUT2D eigenvalue weighted by Gasteiger charge is -2.02. The SMILES string of the molecule is Cc1ccc(-c2ccc3c(c2)oc2cc4c(cc23)oc2ccccc24)cc1. The zero-order valence-corrected chi connectivity index (χ0v) is 14.8. The van der Waals surface area contributed by atoms with Crippen LogP contribution in [0, 0.1) is 6.92 Å². The lowest BCUT2D eigenvalue weighted by molar-refractivity contribution is 0.664. The van der Waals surface area contributed by atoms with Crippen LogP contribution in [0.15, 0.2) is 87.7 Å². The number of hydrogen-bond donors (Lipinski definition) is 0. The summed E-state index contributed by atoms with van der Waals surface area (Å²) in [4.78, 5) is 0. The van der Waals surface area contributed by atoms with E-state index < -0.39 is 0 Å². The molecule has 4 aromatic carbocycles. The standard InChI is InChI=1S/C25H16O2/c1-15-6-8-16(9-7-15)17-10-11-19-21-14-24-20(13-25(21)27-23(19)12-17)18-4-2-3-5-22(18)26-24/h2-14H,1H3. The van der Waals surface area contributed by atoms with Gasteiger partial charge < -0.3 is 8.83 Å².